The number of para-hydroxylation sites is 1. The van der Waals surface area contributed by atoms with E-state index in [1.165, 1.54) is 0 Å². The SMILES string of the molecule is Nc1cccc(C(=O)NC2CCCN(c3ccccc3Cl)C2)c1. The summed E-state index contributed by atoms with van der Waals surface area (Å²) < 4.78 is 0. The maximum Gasteiger partial charge on any atom is 0.251 e. The molecule has 1 unspecified atom stereocenters. The number of carbonyl (C=O) groups excluding carboxylic acids is 1. The Morgan fingerprint density at radius 3 is 2.83 bits per heavy atom. The minimum Gasteiger partial charge on any atom is -0.399 e. The van der Waals surface area contributed by atoms with Gasteiger partial charge < -0.3 is 16.0 Å². The molecule has 2 aromatic carbocycles. The van der Waals surface area contributed by atoms with Crippen LogP contribution in [-0.2, 0) is 0 Å². The molecule has 3 N–H and O–H groups in total. The van der Waals surface area contributed by atoms with Gasteiger partial charge in [0.2, 0.25) is 0 Å². The average Bonchev–Trinajstić information content (AvgIpc) is 2.55. The second-order valence-electron chi connectivity index (χ2n) is 5.84. The second kappa shape index (κ2) is 6.92. The van der Waals surface area contributed by atoms with Crippen molar-refractivity contribution in [3.8, 4) is 0 Å². The molecule has 2 aromatic rings. The van der Waals surface area contributed by atoms with Gasteiger partial charge in [-0.25, -0.2) is 0 Å². The molecule has 5 heteroatoms. The zero-order valence-electron chi connectivity index (χ0n) is 12.8. The van der Waals surface area contributed by atoms with Crippen LogP contribution in [0.15, 0.2) is 48.5 Å². The summed E-state index contributed by atoms with van der Waals surface area (Å²) in [6.45, 7) is 1.71. The van der Waals surface area contributed by atoms with Crippen LogP contribution < -0.4 is 16.0 Å². The molecule has 0 radical (unpaired) electrons. The predicted octanol–water partition coefficient (Wildman–Crippen LogP) is 3.32. The zero-order valence-corrected chi connectivity index (χ0v) is 13.6. The Labute approximate surface area is 141 Å². The number of anilines is 2. The van der Waals surface area contributed by atoms with Crippen molar-refractivity contribution < 1.29 is 4.79 Å². The van der Waals surface area contributed by atoms with Crippen molar-refractivity contribution in [2.24, 2.45) is 0 Å². The molecule has 1 atom stereocenters. The van der Waals surface area contributed by atoms with Crippen LogP contribution in [0.4, 0.5) is 11.4 Å². The first-order chi connectivity index (χ1) is 11.1. The summed E-state index contributed by atoms with van der Waals surface area (Å²) in [6.07, 6.45) is 1.99. The molecule has 0 aromatic heterocycles. The number of carbonyl (C=O) groups is 1. The quantitative estimate of drug-likeness (QED) is 0.849. The van der Waals surface area contributed by atoms with Crippen molar-refractivity contribution >= 4 is 28.9 Å². The Bertz CT molecular complexity index is 704. The molecular weight excluding hydrogens is 310 g/mol. The first-order valence-corrected chi connectivity index (χ1v) is 8.17. The smallest absolute Gasteiger partial charge is 0.251 e. The van der Waals surface area contributed by atoms with Crippen LogP contribution >= 0.6 is 11.6 Å². The lowest BCUT2D eigenvalue weighted by atomic mass is 10.0. The van der Waals surface area contributed by atoms with Crippen LogP contribution in [0.25, 0.3) is 0 Å². The van der Waals surface area contributed by atoms with Gasteiger partial charge in [-0.1, -0.05) is 29.8 Å². The van der Waals surface area contributed by atoms with Crippen LogP contribution in [0.1, 0.15) is 23.2 Å². The fraction of sp³-hybridized carbons (Fsp3) is 0.278. The third-order valence-corrected chi connectivity index (χ3v) is 4.42. The van der Waals surface area contributed by atoms with E-state index in [-0.39, 0.29) is 11.9 Å². The Hall–Kier alpha value is -2.20. The van der Waals surface area contributed by atoms with E-state index >= 15 is 0 Å². The molecule has 1 amide bonds. The highest BCUT2D eigenvalue weighted by atomic mass is 35.5. The van der Waals surface area contributed by atoms with Crippen LogP contribution in [-0.4, -0.2) is 25.0 Å². The minimum atomic E-state index is -0.0803. The maximum atomic E-state index is 12.4. The van der Waals surface area contributed by atoms with Crippen LogP contribution in [0.3, 0.4) is 0 Å². The van der Waals surface area contributed by atoms with Gasteiger partial charge in [-0.3, -0.25) is 4.79 Å². The number of nitrogens with zero attached hydrogens (tertiary/aromatic N) is 1. The van der Waals surface area contributed by atoms with Crippen LogP contribution in [0.5, 0.6) is 0 Å². The molecule has 1 heterocycles. The number of benzene rings is 2. The topological polar surface area (TPSA) is 58.4 Å². The molecule has 1 aliphatic heterocycles. The van der Waals surface area contributed by atoms with E-state index in [2.05, 4.69) is 10.2 Å². The summed E-state index contributed by atoms with van der Waals surface area (Å²) in [4.78, 5) is 14.6. The van der Waals surface area contributed by atoms with Gasteiger partial charge in [-0.2, -0.15) is 0 Å². The van der Waals surface area contributed by atoms with Crippen molar-refractivity contribution in [2.45, 2.75) is 18.9 Å². The number of piperidine rings is 1. The van der Waals surface area contributed by atoms with Gasteiger partial charge in [-0.15, -0.1) is 0 Å². The van der Waals surface area contributed by atoms with Crippen LogP contribution in [0, 0.1) is 0 Å². The molecule has 1 fully saturated rings. The summed E-state index contributed by atoms with van der Waals surface area (Å²) in [5, 5.41) is 3.85. The van der Waals surface area contributed by atoms with Gasteiger partial charge >= 0.3 is 0 Å². The maximum absolute atomic E-state index is 12.4. The second-order valence-corrected chi connectivity index (χ2v) is 6.24. The predicted molar refractivity (Wildman–Crippen MR) is 95.0 cm³/mol. The summed E-state index contributed by atoms with van der Waals surface area (Å²) in [5.74, 6) is -0.0803. The molecule has 1 aliphatic rings. The van der Waals surface area contributed by atoms with Crippen molar-refractivity contribution in [3.05, 3.63) is 59.1 Å². The average molecular weight is 330 g/mol. The molecule has 0 saturated carbocycles. The lowest BCUT2D eigenvalue weighted by Crippen LogP contribution is -2.47. The van der Waals surface area contributed by atoms with Crippen molar-refractivity contribution in [1.82, 2.24) is 5.32 Å². The Morgan fingerprint density at radius 1 is 1.22 bits per heavy atom. The summed E-state index contributed by atoms with van der Waals surface area (Å²) in [6, 6.07) is 15.0. The fourth-order valence-corrected chi connectivity index (χ4v) is 3.23. The number of rotatable bonds is 3. The summed E-state index contributed by atoms with van der Waals surface area (Å²) in [5.41, 5.74) is 7.96. The number of hydrogen-bond acceptors (Lipinski definition) is 3. The number of amides is 1. The van der Waals surface area contributed by atoms with Crippen molar-refractivity contribution in [2.75, 3.05) is 23.7 Å². The van der Waals surface area contributed by atoms with Crippen LogP contribution in [0.2, 0.25) is 5.02 Å². The molecule has 23 heavy (non-hydrogen) atoms. The number of nitrogens with two attached hydrogens (primary N) is 1. The Morgan fingerprint density at radius 2 is 2.04 bits per heavy atom. The van der Waals surface area contributed by atoms with Crippen molar-refractivity contribution in [3.63, 3.8) is 0 Å². The number of halogens is 1. The molecule has 0 bridgehead atoms. The molecule has 120 valence electrons. The van der Waals surface area contributed by atoms with E-state index in [1.807, 2.05) is 24.3 Å². The molecule has 3 rings (SSSR count). The largest absolute Gasteiger partial charge is 0.399 e. The van der Waals surface area contributed by atoms with Gasteiger partial charge in [-0.05, 0) is 43.2 Å². The monoisotopic (exact) mass is 329 g/mol. The van der Waals surface area contributed by atoms with E-state index in [0.717, 1.165) is 36.6 Å². The van der Waals surface area contributed by atoms with E-state index in [0.29, 0.717) is 11.3 Å². The number of nitrogens with one attached hydrogen (secondary N) is 1. The van der Waals surface area contributed by atoms with Gasteiger partial charge in [0.05, 0.1) is 10.7 Å². The van der Waals surface area contributed by atoms with E-state index in [9.17, 15) is 4.79 Å². The third-order valence-electron chi connectivity index (χ3n) is 4.10. The lowest BCUT2D eigenvalue weighted by molar-refractivity contribution is 0.0933. The van der Waals surface area contributed by atoms with E-state index in [4.69, 9.17) is 17.3 Å². The van der Waals surface area contributed by atoms with Crippen molar-refractivity contribution in [1.29, 1.82) is 0 Å². The molecule has 1 saturated heterocycles. The molecular formula is C18H20ClN3O. The number of nitrogen functional groups attached to an aromatic ring is 1. The molecule has 0 aliphatic carbocycles. The highest BCUT2D eigenvalue weighted by molar-refractivity contribution is 6.33. The Kier molecular flexibility index (Phi) is 4.72. The minimum absolute atomic E-state index is 0.0803. The molecule has 4 nitrogen and oxygen atoms in total. The van der Waals surface area contributed by atoms with Gasteiger partial charge in [0, 0.05) is 30.4 Å². The lowest BCUT2D eigenvalue weighted by Gasteiger charge is -2.35. The third kappa shape index (κ3) is 3.77. The fourth-order valence-electron chi connectivity index (χ4n) is 2.97. The zero-order chi connectivity index (χ0) is 16.2. The van der Waals surface area contributed by atoms with Gasteiger partial charge in [0.25, 0.3) is 5.91 Å². The first kappa shape index (κ1) is 15.7. The number of hydrogen-bond donors (Lipinski definition) is 2. The molecule has 0 spiro atoms. The normalized spacial score (nSPS) is 17.8. The van der Waals surface area contributed by atoms with Gasteiger partial charge in [0.1, 0.15) is 0 Å². The first-order valence-electron chi connectivity index (χ1n) is 7.79. The van der Waals surface area contributed by atoms with E-state index in [1.54, 1.807) is 24.3 Å². The Balaban J connectivity index is 1.67. The van der Waals surface area contributed by atoms with E-state index < -0.39 is 0 Å². The standard InChI is InChI=1S/C18H20ClN3O/c19-16-8-1-2-9-17(16)22-10-4-7-15(12-22)21-18(23)13-5-3-6-14(20)11-13/h1-3,5-6,8-9,11,15H,4,7,10,12,20H2,(H,21,23). The van der Waals surface area contributed by atoms with Gasteiger partial charge in [0.15, 0.2) is 0 Å². The summed E-state index contributed by atoms with van der Waals surface area (Å²) >= 11 is 6.28. The highest BCUT2D eigenvalue weighted by Crippen LogP contribution is 2.27. The highest BCUT2D eigenvalue weighted by Gasteiger charge is 2.23. The summed E-state index contributed by atoms with van der Waals surface area (Å²) in [7, 11) is 0.